The number of hydrogen-bond acceptors (Lipinski definition) is 5. The lowest BCUT2D eigenvalue weighted by atomic mass is 10.2. The first-order valence-electron chi connectivity index (χ1n) is 5.14. The smallest absolute Gasteiger partial charge is 0.241 e. The second-order valence-corrected chi connectivity index (χ2v) is 5.39. The maximum absolute atomic E-state index is 11.9. The molecule has 1 aromatic carbocycles. The van der Waals surface area contributed by atoms with Gasteiger partial charge in [-0.05, 0) is 18.6 Å². The second-order valence-electron chi connectivity index (χ2n) is 3.66. The monoisotopic (exact) mass is 258 g/mol. The Labute approximate surface area is 99.8 Å². The van der Waals surface area contributed by atoms with E-state index in [1.807, 2.05) is 0 Å². The van der Waals surface area contributed by atoms with Crippen molar-refractivity contribution in [2.24, 2.45) is 5.73 Å². The largest absolute Gasteiger partial charge is 0.454 e. The highest BCUT2D eigenvalue weighted by atomic mass is 32.2. The zero-order valence-corrected chi connectivity index (χ0v) is 10.2. The average molecular weight is 258 g/mol. The molecule has 17 heavy (non-hydrogen) atoms. The van der Waals surface area contributed by atoms with Crippen molar-refractivity contribution in [1.82, 2.24) is 4.72 Å². The molecule has 7 heteroatoms. The van der Waals surface area contributed by atoms with Crippen LogP contribution in [0.4, 0.5) is 0 Å². The Balaban J connectivity index is 2.39. The molecule has 0 radical (unpaired) electrons. The number of rotatable bonds is 4. The zero-order valence-electron chi connectivity index (χ0n) is 9.39. The molecule has 1 aliphatic rings. The lowest BCUT2D eigenvalue weighted by Gasteiger charge is -2.09. The number of nitrogens with one attached hydrogen (secondary N) is 1. The minimum atomic E-state index is -3.54. The lowest BCUT2D eigenvalue weighted by Crippen LogP contribution is -2.29. The Bertz CT molecular complexity index is 527. The minimum absolute atomic E-state index is 0.120. The van der Waals surface area contributed by atoms with Gasteiger partial charge in [0.25, 0.3) is 0 Å². The third kappa shape index (κ3) is 2.36. The molecule has 1 heterocycles. The molecule has 0 aliphatic carbocycles. The van der Waals surface area contributed by atoms with Crippen LogP contribution >= 0.6 is 0 Å². The van der Waals surface area contributed by atoms with Gasteiger partial charge in [-0.2, -0.15) is 0 Å². The first-order chi connectivity index (χ1) is 8.04. The number of sulfonamides is 1. The summed E-state index contributed by atoms with van der Waals surface area (Å²) in [7, 11) is -3.54. The van der Waals surface area contributed by atoms with Gasteiger partial charge in [-0.15, -0.1) is 0 Å². The molecule has 2 rings (SSSR count). The first kappa shape index (κ1) is 12.2. The number of ether oxygens (including phenoxy) is 2. The van der Waals surface area contributed by atoms with Gasteiger partial charge in [0.1, 0.15) is 0 Å². The van der Waals surface area contributed by atoms with Crippen LogP contribution in [0.2, 0.25) is 0 Å². The molecular weight excluding hydrogens is 244 g/mol. The van der Waals surface area contributed by atoms with Crippen molar-refractivity contribution >= 4 is 10.0 Å². The van der Waals surface area contributed by atoms with Gasteiger partial charge >= 0.3 is 0 Å². The molecule has 0 spiro atoms. The number of hydrogen-bond donors (Lipinski definition) is 2. The van der Waals surface area contributed by atoms with E-state index in [9.17, 15) is 8.42 Å². The quantitative estimate of drug-likeness (QED) is 0.791. The fraction of sp³-hybridized carbons (Fsp3) is 0.400. The van der Waals surface area contributed by atoms with E-state index in [1.54, 1.807) is 13.0 Å². The highest BCUT2D eigenvalue weighted by molar-refractivity contribution is 7.89. The van der Waals surface area contributed by atoms with Crippen molar-refractivity contribution in [3.05, 3.63) is 17.7 Å². The Morgan fingerprint density at radius 1 is 1.35 bits per heavy atom. The fourth-order valence-corrected chi connectivity index (χ4v) is 2.87. The molecule has 1 aromatic rings. The highest BCUT2D eigenvalue weighted by Crippen LogP contribution is 2.35. The summed E-state index contributed by atoms with van der Waals surface area (Å²) >= 11 is 0. The molecule has 6 nitrogen and oxygen atoms in total. The van der Waals surface area contributed by atoms with Crippen LogP contribution in [0.5, 0.6) is 11.5 Å². The summed E-state index contributed by atoms with van der Waals surface area (Å²) in [4.78, 5) is 0.190. The van der Waals surface area contributed by atoms with Gasteiger partial charge in [0.2, 0.25) is 16.8 Å². The SMILES string of the molecule is Cc1cc2c(cc1S(=O)(=O)NCCN)OCO2. The summed E-state index contributed by atoms with van der Waals surface area (Å²) in [6.07, 6.45) is 0. The molecule has 0 saturated heterocycles. The first-order valence-corrected chi connectivity index (χ1v) is 6.63. The number of fused-ring (bicyclic) bond motifs is 1. The Kier molecular flexibility index (Phi) is 3.23. The lowest BCUT2D eigenvalue weighted by molar-refractivity contribution is 0.174. The number of nitrogens with two attached hydrogens (primary N) is 1. The summed E-state index contributed by atoms with van der Waals surface area (Å²) in [5.74, 6) is 1.02. The third-order valence-electron chi connectivity index (χ3n) is 2.40. The van der Waals surface area contributed by atoms with Crippen LogP contribution in [-0.4, -0.2) is 28.3 Å². The molecule has 0 unspecified atom stereocenters. The molecule has 0 saturated carbocycles. The van der Waals surface area contributed by atoms with Crippen molar-refractivity contribution in [1.29, 1.82) is 0 Å². The van der Waals surface area contributed by atoms with E-state index in [0.717, 1.165) is 0 Å². The zero-order chi connectivity index (χ0) is 12.5. The summed E-state index contributed by atoms with van der Waals surface area (Å²) < 4.78 is 36.6. The fourth-order valence-electron chi connectivity index (χ4n) is 1.59. The molecular formula is C10H14N2O4S. The van der Waals surface area contributed by atoms with Crippen LogP contribution in [-0.2, 0) is 10.0 Å². The van der Waals surface area contributed by atoms with E-state index in [0.29, 0.717) is 17.1 Å². The van der Waals surface area contributed by atoms with E-state index in [1.165, 1.54) is 6.07 Å². The predicted octanol–water partition coefficient (Wildman–Crippen LogP) is -0.0393. The van der Waals surface area contributed by atoms with Gasteiger partial charge in [-0.3, -0.25) is 0 Å². The second kappa shape index (κ2) is 4.52. The molecule has 1 aliphatic heterocycles. The molecule has 0 bridgehead atoms. The molecule has 0 fully saturated rings. The van der Waals surface area contributed by atoms with Crippen molar-refractivity contribution in [3.63, 3.8) is 0 Å². The van der Waals surface area contributed by atoms with Crippen molar-refractivity contribution in [3.8, 4) is 11.5 Å². The van der Waals surface area contributed by atoms with E-state index in [-0.39, 0.29) is 24.8 Å². The normalized spacial score (nSPS) is 14.0. The Hall–Kier alpha value is -1.31. The van der Waals surface area contributed by atoms with Crippen LogP contribution in [0.25, 0.3) is 0 Å². The van der Waals surface area contributed by atoms with Gasteiger partial charge in [-0.25, -0.2) is 13.1 Å². The van der Waals surface area contributed by atoms with Gasteiger partial charge in [0.15, 0.2) is 11.5 Å². The summed E-state index contributed by atoms with van der Waals surface area (Å²) in [5.41, 5.74) is 5.88. The minimum Gasteiger partial charge on any atom is -0.454 e. The van der Waals surface area contributed by atoms with E-state index in [4.69, 9.17) is 15.2 Å². The van der Waals surface area contributed by atoms with Gasteiger partial charge in [0, 0.05) is 19.2 Å². The third-order valence-corrected chi connectivity index (χ3v) is 4.00. The number of benzene rings is 1. The van der Waals surface area contributed by atoms with Gasteiger partial charge in [-0.1, -0.05) is 0 Å². The van der Waals surface area contributed by atoms with Crippen molar-refractivity contribution < 1.29 is 17.9 Å². The van der Waals surface area contributed by atoms with E-state index in [2.05, 4.69) is 4.72 Å². The Morgan fingerprint density at radius 3 is 2.65 bits per heavy atom. The maximum atomic E-state index is 11.9. The van der Waals surface area contributed by atoms with E-state index < -0.39 is 10.0 Å². The van der Waals surface area contributed by atoms with Crippen LogP contribution in [0.15, 0.2) is 17.0 Å². The van der Waals surface area contributed by atoms with Crippen LogP contribution in [0, 0.1) is 6.92 Å². The summed E-state index contributed by atoms with van der Waals surface area (Å²) in [5, 5.41) is 0. The molecule has 3 N–H and O–H groups in total. The van der Waals surface area contributed by atoms with Gasteiger partial charge < -0.3 is 15.2 Å². The Morgan fingerprint density at radius 2 is 2.00 bits per heavy atom. The standard InChI is InChI=1S/C10H14N2O4S/c1-7-4-8-9(16-6-15-8)5-10(7)17(13,14)12-3-2-11/h4-5,12H,2-3,6,11H2,1H3. The van der Waals surface area contributed by atoms with Crippen LogP contribution in [0.1, 0.15) is 5.56 Å². The highest BCUT2D eigenvalue weighted by Gasteiger charge is 2.22. The maximum Gasteiger partial charge on any atom is 0.241 e. The van der Waals surface area contributed by atoms with E-state index >= 15 is 0 Å². The predicted molar refractivity (Wildman–Crippen MR) is 61.5 cm³/mol. The summed E-state index contributed by atoms with van der Waals surface area (Å²) in [6, 6.07) is 3.12. The number of aryl methyl sites for hydroxylation is 1. The summed E-state index contributed by atoms with van der Waals surface area (Å²) in [6.45, 7) is 2.28. The molecule has 94 valence electrons. The van der Waals surface area contributed by atoms with Crippen molar-refractivity contribution in [2.75, 3.05) is 19.9 Å². The van der Waals surface area contributed by atoms with Gasteiger partial charge in [0.05, 0.1) is 4.90 Å². The topological polar surface area (TPSA) is 90.7 Å². The van der Waals surface area contributed by atoms with Crippen LogP contribution in [0.3, 0.4) is 0 Å². The average Bonchev–Trinajstić information content (AvgIpc) is 2.72. The van der Waals surface area contributed by atoms with Crippen LogP contribution < -0.4 is 19.9 Å². The molecule has 0 amide bonds. The van der Waals surface area contributed by atoms with Crippen molar-refractivity contribution in [2.45, 2.75) is 11.8 Å². The molecule has 0 atom stereocenters. The molecule has 0 aromatic heterocycles.